The Kier molecular flexibility index (Phi) is 4.13. The van der Waals surface area contributed by atoms with Crippen LogP contribution in [-0.2, 0) is 0 Å². The molecule has 1 aromatic heterocycles. The maximum atomic E-state index is 9.16. The molecule has 0 spiro atoms. The molecular weight excluding hydrogens is 202 g/mol. The van der Waals surface area contributed by atoms with Crippen LogP contribution >= 0.6 is 11.6 Å². The minimum absolute atomic E-state index is 0.306. The number of aliphatic hydroxyl groups excluding tert-OH is 1. The molecule has 0 saturated carbocycles. The third-order valence-electron chi connectivity index (χ3n) is 1.92. The van der Waals surface area contributed by atoms with Gasteiger partial charge >= 0.3 is 0 Å². The van der Waals surface area contributed by atoms with Crippen molar-refractivity contribution in [2.24, 2.45) is 5.73 Å². The lowest BCUT2D eigenvalue weighted by atomic mass is 10.2. The SMILES string of the molecule is CC(O)C(N)CNc1ccncc1Cl. The lowest BCUT2D eigenvalue weighted by Gasteiger charge is -2.16. The van der Waals surface area contributed by atoms with Crippen LogP contribution in [0.25, 0.3) is 0 Å². The van der Waals surface area contributed by atoms with E-state index in [-0.39, 0.29) is 6.04 Å². The topological polar surface area (TPSA) is 71.2 Å². The Morgan fingerprint density at radius 1 is 1.71 bits per heavy atom. The monoisotopic (exact) mass is 215 g/mol. The first kappa shape index (κ1) is 11.2. The van der Waals surface area contributed by atoms with Crippen molar-refractivity contribution in [3.63, 3.8) is 0 Å². The van der Waals surface area contributed by atoms with Gasteiger partial charge in [0, 0.05) is 25.0 Å². The molecule has 0 aromatic carbocycles. The third kappa shape index (κ3) is 3.14. The maximum absolute atomic E-state index is 9.16. The van der Waals surface area contributed by atoms with Crippen LogP contribution in [0.2, 0.25) is 5.02 Å². The summed E-state index contributed by atoms with van der Waals surface area (Å²) in [5.41, 5.74) is 6.42. The van der Waals surface area contributed by atoms with E-state index in [4.69, 9.17) is 22.4 Å². The molecule has 0 aliphatic rings. The molecule has 78 valence electrons. The van der Waals surface area contributed by atoms with Crippen LogP contribution in [0.1, 0.15) is 6.92 Å². The number of nitrogens with two attached hydrogens (primary N) is 1. The van der Waals surface area contributed by atoms with Gasteiger partial charge in [-0.3, -0.25) is 4.98 Å². The van der Waals surface area contributed by atoms with Gasteiger partial charge in [0.2, 0.25) is 0 Å². The van der Waals surface area contributed by atoms with Gasteiger partial charge in [0.1, 0.15) is 0 Å². The highest BCUT2D eigenvalue weighted by Gasteiger charge is 2.09. The average molecular weight is 216 g/mol. The number of hydrogen-bond acceptors (Lipinski definition) is 4. The molecule has 4 nitrogen and oxygen atoms in total. The molecule has 14 heavy (non-hydrogen) atoms. The predicted octanol–water partition coefficient (Wildman–Crippen LogP) is 0.855. The smallest absolute Gasteiger partial charge is 0.0820 e. The van der Waals surface area contributed by atoms with E-state index in [1.54, 1.807) is 25.4 Å². The van der Waals surface area contributed by atoms with Gasteiger partial charge in [-0.25, -0.2) is 0 Å². The highest BCUT2D eigenvalue weighted by Crippen LogP contribution is 2.18. The molecule has 1 aromatic rings. The summed E-state index contributed by atoms with van der Waals surface area (Å²) in [6.45, 7) is 2.13. The van der Waals surface area contributed by atoms with Crippen molar-refractivity contribution in [3.8, 4) is 0 Å². The van der Waals surface area contributed by atoms with E-state index in [0.717, 1.165) is 5.69 Å². The maximum Gasteiger partial charge on any atom is 0.0820 e. The number of aliphatic hydroxyl groups is 1. The van der Waals surface area contributed by atoms with Crippen molar-refractivity contribution in [1.82, 2.24) is 4.98 Å². The van der Waals surface area contributed by atoms with E-state index in [9.17, 15) is 0 Å². The van der Waals surface area contributed by atoms with Gasteiger partial charge in [-0.1, -0.05) is 11.6 Å². The minimum Gasteiger partial charge on any atom is -0.392 e. The first-order chi connectivity index (χ1) is 6.61. The predicted molar refractivity (Wildman–Crippen MR) is 57.4 cm³/mol. The Morgan fingerprint density at radius 3 is 3.00 bits per heavy atom. The largest absolute Gasteiger partial charge is 0.392 e. The second-order valence-electron chi connectivity index (χ2n) is 3.14. The fraction of sp³-hybridized carbons (Fsp3) is 0.444. The summed E-state index contributed by atoms with van der Waals surface area (Å²) >= 11 is 5.86. The van der Waals surface area contributed by atoms with Gasteiger partial charge in [0.15, 0.2) is 0 Å². The van der Waals surface area contributed by atoms with Gasteiger partial charge in [0.25, 0.3) is 0 Å². The van der Waals surface area contributed by atoms with E-state index in [1.807, 2.05) is 0 Å². The van der Waals surface area contributed by atoms with Gasteiger partial charge in [-0.05, 0) is 13.0 Å². The highest BCUT2D eigenvalue weighted by molar-refractivity contribution is 6.33. The number of rotatable bonds is 4. The molecule has 0 fully saturated rings. The number of nitrogens with zero attached hydrogens (tertiary/aromatic N) is 1. The lowest BCUT2D eigenvalue weighted by Crippen LogP contribution is -2.38. The van der Waals surface area contributed by atoms with Crippen LogP contribution in [-0.4, -0.2) is 28.8 Å². The van der Waals surface area contributed by atoms with Crippen LogP contribution in [0.3, 0.4) is 0 Å². The van der Waals surface area contributed by atoms with Gasteiger partial charge in [-0.15, -0.1) is 0 Å². The highest BCUT2D eigenvalue weighted by atomic mass is 35.5. The number of anilines is 1. The summed E-state index contributed by atoms with van der Waals surface area (Å²) in [5.74, 6) is 0. The number of pyridine rings is 1. The Hall–Kier alpha value is -0.840. The van der Waals surface area contributed by atoms with Crippen LogP contribution in [0, 0.1) is 0 Å². The standard InChI is InChI=1S/C9H14ClN3O/c1-6(14)8(11)5-13-9-2-3-12-4-7(9)10/h2-4,6,8,14H,5,11H2,1H3,(H,12,13). The van der Waals surface area contributed by atoms with E-state index in [1.165, 1.54) is 0 Å². The van der Waals surface area contributed by atoms with Crippen molar-refractivity contribution >= 4 is 17.3 Å². The molecular formula is C9H14ClN3O. The van der Waals surface area contributed by atoms with Crippen molar-refractivity contribution in [2.75, 3.05) is 11.9 Å². The van der Waals surface area contributed by atoms with E-state index >= 15 is 0 Å². The fourth-order valence-electron chi connectivity index (χ4n) is 0.917. The lowest BCUT2D eigenvalue weighted by molar-refractivity contribution is 0.168. The van der Waals surface area contributed by atoms with E-state index < -0.39 is 6.10 Å². The molecule has 0 bridgehead atoms. The van der Waals surface area contributed by atoms with Gasteiger partial charge < -0.3 is 16.2 Å². The second-order valence-corrected chi connectivity index (χ2v) is 3.55. The van der Waals surface area contributed by atoms with E-state index in [2.05, 4.69) is 10.3 Å². The zero-order valence-corrected chi connectivity index (χ0v) is 8.70. The first-order valence-electron chi connectivity index (χ1n) is 4.38. The number of hydrogen-bond donors (Lipinski definition) is 3. The molecule has 1 heterocycles. The number of halogens is 1. The summed E-state index contributed by atoms with van der Waals surface area (Å²) in [6, 6.07) is 1.45. The number of nitrogens with one attached hydrogen (secondary N) is 1. The van der Waals surface area contributed by atoms with Gasteiger partial charge in [-0.2, -0.15) is 0 Å². The Balaban J connectivity index is 2.50. The molecule has 2 atom stereocenters. The average Bonchev–Trinajstić information content (AvgIpc) is 2.16. The zero-order valence-electron chi connectivity index (χ0n) is 7.94. The summed E-state index contributed by atoms with van der Waals surface area (Å²) in [4.78, 5) is 3.85. The molecule has 1 rings (SSSR count). The van der Waals surface area contributed by atoms with Gasteiger partial charge in [0.05, 0.1) is 16.8 Å². The second kappa shape index (κ2) is 5.14. The summed E-state index contributed by atoms with van der Waals surface area (Å²) < 4.78 is 0. The molecule has 0 saturated heterocycles. The summed E-state index contributed by atoms with van der Waals surface area (Å²) in [5, 5.41) is 12.7. The molecule has 5 heteroatoms. The zero-order chi connectivity index (χ0) is 10.6. The van der Waals surface area contributed by atoms with Crippen molar-refractivity contribution in [1.29, 1.82) is 0 Å². The van der Waals surface area contributed by atoms with Crippen molar-refractivity contribution in [2.45, 2.75) is 19.1 Å². The summed E-state index contributed by atoms with van der Waals surface area (Å²) in [7, 11) is 0. The molecule has 0 aliphatic carbocycles. The molecule has 4 N–H and O–H groups in total. The molecule has 2 unspecified atom stereocenters. The Bertz CT molecular complexity index is 293. The summed E-state index contributed by atoms with van der Waals surface area (Å²) in [6.07, 6.45) is 2.66. The first-order valence-corrected chi connectivity index (χ1v) is 4.76. The molecule has 0 radical (unpaired) electrons. The number of aromatic nitrogens is 1. The Labute approximate surface area is 88.1 Å². The normalized spacial score (nSPS) is 14.9. The minimum atomic E-state index is -0.539. The molecule has 0 amide bonds. The fourth-order valence-corrected chi connectivity index (χ4v) is 1.10. The van der Waals surface area contributed by atoms with Crippen molar-refractivity contribution in [3.05, 3.63) is 23.5 Å². The quantitative estimate of drug-likeness (QED) is 0.697. The Morgan fingerprint density at radius 2 is 2.43 bits per heavy atom. The molecule has 0 aliphatic heterocycles. The third-order valence-corrected chi connectivity index (χ3v) is 2.22. The van der Waals surface area contributed by atoms with Crippen LogP contribution in [0.15, 0.2) is 18.5 Å². The van der Waals surface area contributed by atoms with Crippen LogP contribution in [0.5, 0.6) is 0 Å². The van der Waals surface area contributed by atoms with Crippen LogP contribution < -0.4 is 11.1 Å². The van der Waals surface area contributed by atoms with Crippen molar-refractivity contribution < 1.29 is 5.11 Å². The van der Waals surface area contributed by atoms with E-state index in [0.29, 0.717) is 11.6 Å². The van der Waals surface area contributed by atoms with Crippen LogP contribution in [0.4, 0.5) is 5.69 Å².